The lowest BCUT2D eigenvalue weighted by Crippen LogP contribution is -2.48. The molecule has 228 valence electrons. The molecule has 3 aromatic carbocycles. The maximum absolute atomic E-state index is 13.3. The summed E-state index contributed by atoms with van der Waals surface area (Å²) in [6, 6.07) is 20.2. The number of halogens is 2. The van der Waals surface area contributed by atoms with Crippen LogP contribution in [0.1, 0.15) is 23.4 Å². The zero-order valence-electron chi connectivity index (χ0n) is 23.5. The molecule has 2 N–H and O–H groups in total. The molecule has 1 fully saturated rings. The van der Waals surface area contributed by atoms with Crippen LogP contribution in [0, 0.1) is 5.82 Å². The number of hydrogen-bond acceptors (Lipinski definition) is 7. The fourth-order valence-corrected chi connectivity index (χ4v) is 6.00. The number of rotatable bonds is 10. The Morgan fingerprint density at radius 3 is 2.19 bits per heavy atom. The van der Waals surface area contributed by atoms with Crippen molar-refractivity contribution < 1.29 is 22.3 Å². The molecule has 13 heteroatoms. The van der Waals surface area contributed by atoms with Crippen LogP contribution in [0.2, 0.25) is 0 Å². The summed E-state index contributed by atoms with van der Waals surface area (Å²) >= 11 is 1.52. The van der Waals surface area contributed by atoms with E-state index in [9.17, 15) is 17.6 Å². The van der Waals surface area contributed by atoms with E-state index in [2.05, 4.69) is 19.9 Å². The Morgan fingerprint density at radius 2 is 1.60 bits per heavy atom. The van der Waals surface area contributed by atoms with Crippen LogP contribution >= 0.6 is 23.7 Å². The zero-order chi connectivity index (χ0) is 29.5. The second-order valence-corrected chi connectivity index (χ2v) is 12.9. The summed E-state index contributed by atoms with van der Waals surface area (Å²) in [5, 5.41) is 5.68. The van der Waals surface area contributed by atoms with Gasteiger partial charge in [-0.3, -0.25) is 9.62 Å². The van der Waals surface area contributed by atoms with Crippen molar-refractivity contribution >= 4 is 51.2 Å². The summed E-state index contributed by atoms with van der Waals surface area (Å²) in [5.41, 5.74) is 2.18. The highest BCUT2D eigenvalue weighted by molar-refractivity contribution is 7.92. The Hall–Kier alpha value is -3.71. The van der Waals surface area contributed by atoms with Gasteiger partial charge in [-0.15, -0.1) is 23.7 Å². The number of ether oxygens (including phenoxy) is 1. The van der Waals surface area contributed by atoms with Crippen LogP contribution in [0.4, 0.5) is 20.6 Å². The lowest BCUT2D eigenvalue weighted by Gasteiger charge is -2.38. The van der Waals surface area contributed by atoms with Crippen molar-refractivity contribution in [3.63, 3.8) is 0 Å². The van der Waals surface area contributed by atoms with Gasteiger partial charge in [-0.1, -0.05) is 12.1 Å². The third-order valence-corrected chi connectivity index (χ3v) is 8.24. The molecule has 0 atom stereocenters. The van der Waals surface area contributed by atoms with Crippen LogP contribution in [-0.2, 0) is 23.1 Å². The Labute approximate surface area is 261 Å². The van der Waals surface area contributed by atoms with E-state index in [4.69, 9.17) is 4.74 Å². The number of carbonyl (C=O) groups excluding carboxylic acids is 1. The van der Waals surface area contributed by atoms with Gasteiger partial charge in [0.15, 0.2) is 0 Å². The molecule has 5 rings (SSSR count). The molecular weight excluding hydrogens is 613 g/mol. The van der Waals surface area contributed by atoms with Crippen LogP contribution in [0.15, 0.2) is 84.4 Å². The lowest BCUT2D eigenvalue weighted by atomic mass is 10.0. The van der Waals surface area contributed by atoms with Crippen molar-refractivity contribution in [1.82, 2.24) is 14.8 Å². The first-order chi connectivity index (χ1) is 20.2. The average molecular weight is 646 g/mol. The van der Waals surface area contributed by atoms with Gasteiger partial charge in [0.1, 0.15) is 22.3 Å². The number of nitrogens with zero attached hydrogens (tertiary/aromatic N) is 3. The maximum atomic E-state index is 13.3. The summed E-state index contributed by atoms with van der Waals surface area (Å²) in [6.45, 7) is 2.89. The van der Waals surface area contributed by atoms with Gasteiger partial charge in [-0.2, -0.15) is 0 Å². The van der Waals surface area contributed by atoms with Crippen LogP contribution in [0.5, 0.6) is 11.5 Å². The van der Waals surface area contributed by atoms with Gasteiger partial charge in [-0.05, 0) is 79.1 Å². The van der Waals surface area contributed by atoms with Gasteiger partial charge in [-0.25, -0.2) is 22.6 Å². The van der Waals surface area contributed by atoms with Crippen molar-refractivity contribution in [1.29, 1.82) is 0 Å². The van der Waals surface area contributed by atoms with Gasteiger partial charge in [0.25, 0.3) is 0 Å². The largest absolute Gasteiger partial charge is 0.457 e. The number of likely N-dealkylation sites (tertiary alicyclic amines) is 1. The van der Waals surface area contributed by atoms with Crippen LogP contribution < -0.4 is 14.8 Å². The molecule has 2 heterocycles. The van der Waals surface area contributed by atoms with E-state index in [-0.39, 0.29) is 30.3 Å². The summed E-state index contributed by atoms with van der Waals surface area (Å²) in [6.07, 6.45) is 4.50. The molecule has 9 nitrogen and oxygen atoms in total. The smallest absolute Gasteiger partial charge is 0.322 e. The van der Waals surface area contributed by atoms with E-state index in [1.807, 2.05) is 34.5 Å². The highest BCUT2D eigenvalue weighted by Crippen LogP contribution is 2.26. The topological polar surface area (TPSA) is 104 Å². The van der Waals surface area contributed by atoms with E-state index in [0.29, 0.717) is 29.4 Å². The standard InChI is InChI=1S/C30H32FN5O4S2.ClH/c1-42(38,39)34-25-8-12-28(13-9-25)40-27-10-2-22(3-11-27)20-35-17-14-26(15-18-35)36(21-29-32-16-19-41-29)30(37)33-24-6-4-23(31)5-7-24;/h2-13,16,19,26,34H,14-15,17-18,20-21H2,1H3,(H,33,37);1H. The molecular formula is C30H33ClFN5O4S2. The molecule has 2 amide bonds. The first-order valence-corrected chi connectivity index (χ1v) is 16.3. The number of anilines is 2. The minimum atomic E-state index is -3.33. The minimum Gasteiger partial charge on any atom is -0.457 e. The van der Waals surface area contributed by atoms with Gasteiger partial charge in [0.05, 0.1) is 12.8 Å². The highest BCUT2D eigenvalue weighted by Gasteiger charge is 2.29. The number of benzene rings is 3. The lowest BCUT2D eigenvalue weighted by molar-refractivity contribution is 0.119. The Balaban J connectivity index is 0.00000423. The fourth-order valence-electron chi connectivity index (χ4n) is 4.82. The first kappa shape index (κ1) is 32.2. The van der Waals surface area contributed by atoms with Gasteiger partial charge in [0, 0.05) is 48.6 Å². The molecule has 0 unspecified atom stereocenters. The third-order valence-electron chi connectivity index (χ3n) is 6.87. The van der Waals surface area contributed by atoms with E-state index >= 15 is 0 Å². The molecule has 0 aliphatic carbocycles. The normalized spacial score (nSPS) is 14.0. The number of sulfonamides is 1. The van der Waals surface area contributed by atoms with Crippen molar-refractivity contribution in [2.75, 3.05) is 29.4 Å². The predicted molar refractivity (Wildman–Crippen MR) is 170 cm³/mol. The number of hydrogen-bond donors (Lipinski definition) is 2. The quantitative estimate of drug-likeness (QED) is 0.202. The van der Waals surface area contributed by atoms with Crippen molar-refractivity contribution in [2.24, 2.45) is 0 Å². The summed E-state index contributed by atoms with van der Waals surface area (Å²) in [7, 11) is -3.33. The Bertz CT molecular complexity index is 1560. The minimum absolute atomic E-state index is 0. The number of urea groups is 1. The number of carbonyl (C=O) groups is 1. The first-order valence-electron chi connectivity index (χ1n) is 13.5. The summed E-state index contributed by atoms with van der Waals surface area (Å²) < 4.78 is 44.4. The maximum Gasteiger partial charge on any atom is 0.322 e. The second-order valence-electron chi connectivity index (χ2n) is 10.1. The summed E-state index contributed by atoms with van der Waals surface area (Å²) in [5.74, 6) is 0.944. The number of aromatic nitrogens is 1. The molecule has 0 spiro atoms. The molecule has 4 aromatic rings. The van der Waals surface area contributed by atoms with Crippen molar-refractivity contribution in [3.05, 3.63) is 101 Å². The number of amides is 2. The second kappa shape index (κ2) is 14.6. The zero-order valence-corrected chi connectivity index (χ0v) is 25.9. The van der Waals surface area contributed by atoms with E-state index in [0.717, 1.165) is 49.3 Å². The Morgan fingerprint density at radius 1 is 1.00 bits per heavy atom. The van der Waals surface area contributed by atoms with Gasteiger partial charge >= 0.3 is 6.03 Å². The van der Waals surface area contributed by atoms with Gasteiger partial charge in [0.2, 0.25) is 10.0 Å². The molecule has 1 aliphatic rings. The van der Waals surface area contributed by atoms with E-state index in [1.165, 1.54) is 23.5 Å². The fraction of sp³-hybridized carbons (Fsp3) is 0.267. The molecule has 1 saturated heterocycles. The molecule has 43 heavy (non-hydrogen) atoms. The molecule has 1 aromatic heterocycles. The van der Waals surface area contributed by atoms with Crippen molar-refractivity contribution in [3.8, 4) is 11.5 Å². The predicted octanol–water partition coefficient (Wildman–Crippen LogP) is 6.57. The molecule has 0 bridgehead atoms. The summed E-state index contributed by atoms with van der Waals surface area (Å²) in [4.78, 5) is 21.9. The van der Waals surface area contributed by atoms with Crippen LogP contribution in [0.25, 0.3) is 0 Å². The van der Waals surface area contributed by atoms with Crippen LogP contribution in [0.3, 0.4) is 0 Å². The van der Waals surface area contributed by atoms with E-state index < -0.39 is 10.0 Å². The van der Waals surface area contributed by atoms with Crippen LogP contribution in [-0.4, -0.2) is 54.6 Å². The van der Waals surface area contributed by atoms with E-state index in [1.54, 1.807) is 42.6 Å². The molecule has 0 radical (unpaired) electrons. The Kier molecular flexibility index (Phi) is 11.0. The monoisotopic (exact) mass is 645 g/mol. The van der Waals surface area contributed by atoms with Crippen molar-refractivity contribution in [2.45, 2.75) is 32.0 Å². The number of thiazole rings is 1. The SMILES string of the molecule is CS(=O)(=O)Nc1ccc(Oc2ccc(CN3CCC(N(Cc4nccs4)C(=O)Nc4ccc(F)cc4)CC3)cc2)cc1.Cl. The number of nitrogens with one attached hydrogen (secondary N) is 2. The number of piperidine rings is 1. The molecule has 1 aliphatic heterocycles. The van der Waals surface area contributed by atoms with Gasteiger partial charge < -0.3 is 15.0 Å². The highest BCUT2D eigenvalue weighted by atomic mass is 35.5. The third kappa shape index (κ3) is 9.65. The molecule has 0 saturated carbocycles. The average Bonchev–Trinajstić information content (AvgIpc) is 3.48.